The Kier molecular flexibility index (Phi) is 5.59. The Labute approximate surface area is 181 Å². The molecular weight excluding hydrogens is 435 g/mol. The molecule has 2 N–H and O–H groups in total. The van der Waals surface area contributed by atoms with Crippen molar-refractivity contribution in [3.05, 3.63) is 40.7 Å². The normalized spacial score (nSPS) is 19.5. The molecule has 0 bridgehead atoms. The van der Waals surface area contributed by atoms with Crippen LogP contribution >= 0.6 is 11.6 Å². The number of carbonyl (C=O) groups is 1. The minimum absolute atomic E-state index is 0.00338. The molecule has 2 heterocycles. The van der Waals surface area contributed by atoms with Gasteiger partial charge in [-0.25, -0.2) is 14.8 Å². The van der Waals surface area contributed by atoms with Gasteiger partial charge in [-0.05, 0) is 49.4 Å². The third-order valence-electron chi connectivity index (χ3n) is 5.58. The molecule has 11 heteroatoms. The number of alkyl halides is 3. The lowest BCUT2D eigenvalue weighted by molar-refractivity contribution is -0.137. The first kappa shape index (κ1) is 21.5. The van der Waals surface area contributed by atoms with E-state index in [0.29, 0.717) is 31.7 Å². The molecule has 1 saturated carbocycles. The topological polar surface area (TPSA) is 81.6 Å². The van der Waals surface area contributed by atoms with Crippen molar-refractivity contribution in [3.8, 4) is 0 Å². The van der Waals surface area contributed by atoms with E-state index in [2.05, 4.69) is 26.3 Å². The maximum Gasteiger partial charge on any atom is 0.420 e. The van der Waals surface area contributed by atoms with Crippen molar-refractivity contribution in [2.24, 2.45) is 0 Å². The zero-order valence-electron chi connectivity index (χ0n) is 16.7. The number of nitrogens with one attached hydrogen (secondary N) is 1. The molecule has 2 aromatic rings. The molecule has 7 nitrogen and oxygen atoms in total. The van der Waals surface area contributed by atoms with Gasteiger partial charge < -0.3 is 20.2 Å². The van der Waals surface area contributed by atoms with Crippen molar-refractivity contribution in [2.45, 2.75) is 37.9 Å². The lowest BCUT2D eigenvalue weighted by Crippen LogP contribution is -2.53. The molecule has 1 aliphatic carbocycles. The van der Waals surface area contributed by atoms with Gasteiger partial charge >= 0.3 is 12.3 Å². The molecule has 1 amide bonds. The van der Waals surface area contributed by atoms with Crippen molar-refractivity contribution in [1.82, 2.24) is 14.9 Å². The highest BCUT2D eigenvalue weighted by atomic mass is 35.5. The van der Waals surface area contributed by atoms with Crippen LogP contribution in [-0.4, -0.2) is 51.7 Å². The first-order valence-corrected chi connectivity index (χ1v) is 10.3. The zero-order chi connectivity index (χ0) is 22.3. The number of nitrogens with zero attached hydrogens (tertiary/aromatic N) is 4. The summed E-state index contributed by atoms with van der Waals surface area (Å²) in [6.07, 6.45) is -2.81. The van der Waals surface area contributed by atoms with Gasteiger partial charge in [0.15, 0.2) is 0 Å². The van der Waals surface area contributed by atoms with Gasteiger partial charge in [-0.3, -0.25) is 0 Å². The van der Waals surface area contributed by atoms with E-state index in [1.807, 2.05) is 19.1 Å². The molecule has 1 unspecified atom stereocenters. The van der Waals surface area contributed by atoms with Gasteiger partial charge in [0.05, 0.1) is 0 Å². The van der Waals surface area contributed by atoms with E-state index >= 15 is 0 Å². The lowest BCUT2D eigenvalue weighted by Gasteiger charge is -2.39. The third-order valence-corrected chi connectivity index (χ3v) is 5.87. The van der Waals surface area contributed by atoms with E-state index in [4.69, 9.17) is 11.6 Å². The minimum atomic E-state index is -4.61. The number of benzene rings is 1. The fourth-order valence-electron chi connectivity index (χ4n) is 3.80. The van der Waals surface area contributed by atoms with Crippen molar-refractivity contribution in [2.75, 3.05) is 29.9 Å². The molecule has 1 aromatic carbocycles. The SMILES string of the molecule is CC1CN(c2ccc(Nc3ncc(C(F)(F)F)c(Cl)n3)c(C3CC3)c2)CCN1C(=O)O. The van der Waals surface area contributed by atoms with Gasteiger partial charge in [0, 0.05) is 43.2 Å². The number of anilines is 3. The number of rotatable bonds is 4. The molecule has 1 saturated heterocycles. The van der Waals surface area contributed by atoms with Crippen LogP contribution in [0.25, 0.3) is 0 Å². The second-order valence-corrected chi connectivity index (χ2v) is 8.20. The smallest absolute Gasteiger partial charge is 0.420 e. The second kappa shape index (κ2) is 8.07. The maximum absolute atomic E-state index is 12.9. The summed E-state index contributed by atoms with van der Waals surface area (Å²) in [4.78, 5) is 22.4. The van der Waals surface area contributed by atoms with E-state index in [0.717, 1.165) is 29.8 Å². The van der Waals surface area contributed by atoms with Crippen LogP contribution in [0.3, 0.4) is 0 Å². The summed E-state index contributed by atoms with van der Waals surface area (Å²) >= 11 is 5.71. The van der Waals surface area contributed by atoms with Crippen molar-refractivity contribution < 1.29 is 23.1 Å². The number of halogens is 4. The maximum atomic E-state index is 12.9. The van der Waals surface area contributed by atoms with Gasteiger partial charge in [0.25, 0.3) is 0 Å². The highest BCUT2D eigenvalue weighted by Crippen LogP contribution is 2.45. The quantitative estimate of drug-likeness (QED) is 0.634. The van der Waals surface area contributed by atoms with E-state index in [1.54, 1.807) is 0 Å². The Morgan fingerprint density at radius 3 is 2.61 bits per heavy atom. The Morgan fingerprint density at radius 1 is 1.29 bits per heavy atom. The molecule has 166 valence electrons. The van der Waals surface area contributed by atoms with E-state index in [-0.39, 0.29) is 12.0 Å². The van der Waals surface area contributed by atoms with Gasteiger partial charge in [-0.15, -0.1) is 0 Å². The summed E-state index contributed by atoms with van der Waals surface area (Å²) in [5.74, 6) is 0.349. The number of aromatic nitrogens is 2. The summed E-state index contributed by atoms with van der Waals surface area (Å²) in [5, 5.41) is 11.6. The highest BCUT2D eigenvalue weighted by molar-refractivity contribution is 6.30. The first-order chi connectivity index (χ1) is 14.6. The number of hydrogen-bond acceptors (Lipinski definition) is 5. The molecule has 0 spiro atoms. The number of carboxylic acid groups (broad SMARTS) is 1. The summed E-state index contributed by atoms with van der Waals surface area (Å²) in [6.45, 7) is 3.48. The number of amides is 1. The Balaban J connectivity index is 1.55. The summed E-state index contributed by atoms with van der Waals surface area (Å²) in [7, 11) is 0. The summed E-state index contributed by atoms with van der Waals surface area (Å²) in [5.41, 5.74) is 1.66. The van der Waals surface area contributed by atoms with Crippen molar-refractivity contribution in [3.63, 3.8) is 0 Å². The molecule has 1 aliphatic heterocycles. The van der Waals surface area contributed by atoms with Crippen LogP contribution in [0, 0.1) is 0 Å². The predicted molar refractivity (Wildman–Crippen MR) is 110 cm³/mol. The molecule has 2 fully saturated rings. The first-order valence-electron chi connectivity index (χ1n) is 9.88. The molecular formula is C20H21ClF3N5O2. The van der Waals surface area contributed by atoms with Crippen molar-refractivity contribution >= 4 is 35.0 Å². The Hall–Kier alpha value is -2.75. The van der Waals surface area contributed by atoms with Crippen LogP contribution in [0.4, 0.5) is 35.3 Å². The molecule has 1 aromatic heterocycles. The number of hydrogen-bond donors (Lipinski definition) is 2. The van der Waals surface area contributed by atoms with Gasteiger partial charge in [0.1, 0.15) is 10.7 Å². The van der Waals surface area contributed by atoms with E-state index < -0.39 is 23.0 Å². The fraction of sp³-hybridized carbons (Fsp3) is 0.450. The average Bonchev–Trinajstić information content (AvgIpc) is 3.52. The van der Waals surface area contributed by atoms with Crippen molar-refractivity contribution in [1.29, 1.82) is 0 Å². The van der Waals surface area contributed by atoms with Gasteiger partial charge in [0.2, 0.25) is 5.95 Å². The van der Waals surface area contributed by atoms with Gasteiger partial charge in [-0.1, -0.05) is 11.6 Å². The average molecular weight is 456 g/mol. The monoisotopic (exact) mass is 455 g/mol. The minimum Gasteiger partial charge on any atom is -0.465 e. The van der Waals surface area contributed by atoms with Crippen LogP contribution in [0.5, 0.6) is 0 Å². The van der Waals surface area contributed by atoms with Crippen LogP contribution in [-0.2, 0) is 6.18 Å². The number of piperazine rings is 1. The second-order valence-electron chi connectivity index (χ2n) is 7.84. The molecule has 4 rings (SSSR count). The standard InChI is InChI=1S/C20H21ClF3N5O2/c1-11-10-28(6-7-29(11)19(30)31)13-4-5-16(14(8-13)12-2-3-12)26-18-25-9-15(17(21)27-18)20(22,23)24/h4-5,8-9,11-12H,2-3,6-7,10H2,1H3,(H,30,31)(H,25,26,27). The zero-order valence-corrected chi connectivity index (χ0v) is 17.4. The summed E-state index contributed by atoms with van der Waals surface area (Å²) < 4.78 is 38.6. The van der Waals surface area contributed by atoms with Crippen LogP contribution in [0.1, 0.15) is 36.8 Å². The predicted octanol–water partition coefficient (Wildman–Crippen LogP) is 4.96. The largest absolute Gasteiger partial charge is 0.465 e. The van der Waals surface area contributed by atoms with E-state index in [9.17, 15) is 23.1 Å². The molecule has 0 radical (unpaired) electrons. The molecule has 31 heavy (non-hydrogen) atoms. The van der Waals surface area contributed by atoms with Crippen LogP contribution in [0.2, 0.25) is 5.15 Å². The Morgan fingerprint density at radius 2 is 2.03 bits per heavy atom. The molecule has 2 aliphatic rings. The van der Waals surface area contributed by atoms with E-state index in [1.165, 1.54) is 4.90 Å². The highest BCUT2D eigenvalue weighted by Gasteiger charge is 2.35. The van der Waals surface area contributed by atoms with Crippen LogP contribution in [0.15, 0.2) is 24.4 Å². The summed E-state index contributed by atoms with van der Waals surface area (Å²) in [6, 6.07) is 5.68. The molecule has 1 atom stereocenters. The lowest BCUT2D eigenvalue weighted by atomic mass is 10.1. The Bertz CT molecular complexity index is 999. The third kappa shape index (κ3) is 4.63. The van der Waals surface area contributed by atoms with Crippen LogP contribution < -0.4 is 10.2 Å². The van der Waals surface area contributed by atoms with Gasteiger partial charge in [-0.2, -0.15) is 13.2 Å². The fourth-order valence-corrected chi connectivity index (χ4v) is 4.04.